The summed E-state index contributed by atoms with van der Waals surface area (Å²) >= 11 is 0. The summed E-state index contributed by atoms with van der Waals surface area (Å²) in [7, 11) is 0. The van der Waals surface area contributed by atoms with Crippen LogP contribution in [0, 0.1) is 6.92 Å². The second-order valence-corrected chi connectivity index (χ2v) is 8.17. The van der Waals surface area contributed by atoms with Crippen LogP contribution in [0.2, 0.25) is 0 Å². The van der Waals surface area contributed by atoms with Crippen molar-refractivity contribution >= 4 is 23.2 Å². The van der Waals surface area contributed by atoms with Gasteiger partial charge in [-0.25, -0.2) is 0 Å². The Morgan fingerprint density at radius 3 is 2.27 bits per heavy atom. The molecule has 1 unspecified atom stereocenters. The van der Waals surface area contributed by atoms with E-state index in [0.29, 0.717) is 12.0 Å². The van der Waals surface area contributed by atoms with E-state index in [1.165, 1.54) is 0 Å². The summed E-state index contributed by atoms with van der Waals surface area (Å²) in [6.07, 6.45) is 0.389. The van der Waals surface area contributed by atoms with Gasteiger partial charge in [0.25, 0.3) is 5.91 Å². The minimum Gasteiger partial charge on any atom is -0.378 e. The van der Waals surface area contributed by atoms with Crippen molar-refractivity contribution in [2.24, 2.45) is 0 Å². The third-order valence-electron chi connectivity index (χ3n) is 5.81. The molecule has 3 aromatic rings. The Morgan fingerprint density at radius 2 is 1.58 bits per heavy atom. The number of benzene rings is 3. The fourth-order valence-corrected chi connectivity index (χ4v) is 3.87. The number of hydrogen-bond acceptors (Lipinski definition) is 4. The van der Waals surface area contributed by atoms with Crippen LogP contribution in [0.5, 0.6) is 0 Å². The minimum atomic E-state index is -0.716. The lowest BCUT2D eigenvalue weighted by atomic mass is 10.0. The average molecular weight is 444 g/mol. The highest BCUT2D eigenvalue weighted by Gasteiger charge is 2.23. The predicted octanol–water partition coefficient (Wildman–Crippen LogP) is 3.81. The number of carbonyl (C=O) groups excluding carboxylic acids is 2. The van der Waals surface area contributed by atoms with Gasteiger partial charge in [-0.05, 0) is 48.4 Å². The van der Waals surface area contributed by atoms with Crippen molar-refractivity contribution in [2.75, 3.05) is 36.5 Å². The highest BCUT2D eigenvalue weighted by Crippen LogP contribution is 2.19. The van der Waals surface area contributed by atoms with Crippen molar-refractivity contribution in [3.05, 3.63) is 95.6 Å². The number of morpholine rings is 1. The topological polar surface area (TPSA) is 70.7 Å². The highest BCUT2D eigenvalue weighted by atomic mass is 16.5. The van der Waals surface area contributed by atoms with E-state index in [2.05, 4.69) is 27.7 Å². The van der Waals surface area contributed by atoms with Crippen LogP contribution in [0.15, 0.2) is 78.9 Å². The SMILES string of the molecule is Cc1ccccc1NC(=O)C(Cc1ccc(N2CCOCC2)cc1)NC(=O)c1ccccc1. The average Bonchev–Trinajstić information content (AvgIpc) is 2.86. The number of para-hydroxylation sites is 1. The summed E-state index contributed by atoms with van der Waals surface area (Å²) < 4.78 is 5.43. The number of ether oxygens (including phenoxy) is 1. The number of anilines is 2. The standard InChI is InChI=1S/C27H29N3O3/c1-20-7-5-6-10-24(20)28-27(32)25(29-26(31)22-8-3-2-4-9-22)19-21-11-13-23(14-12-21)30-15-17-33-18-16-30/h2-14,25H,15-19H2,1H3,(H,28,32)(H,29,31). The summed E-state index contributed by atoms with van der Waals surface area (Å²) in [5.41, 5.74) is 4.34. The molecule has 1 fully saturated rings. The Bertz CT molecular complexity index is 1080. The Labute approximate surface area is 194 Å². The molecule has 1 atom stereocenters. The van der Waals surface area contributed by atoms with E-state index in [1.54, 1.807) is 12.1 Å². The summed E-state index contributed by atoms with van der Waals surface area (Å²) in [5, 5.41) is 5.90. The van der Waals surface area contributed by atoms with E-state index < -0.39 is 6.04 Å². The number of carbonyl (C=O) groups is 2. The van der Waals surface area contributed by atoms with Gasteiger partial charge in [-0.3, -0.25) is 9.59 Å². The number of aryl methyl sites for hydroxylation is 1. The molecule has 33 heavy (non-hydrogen) atoms. The lowest BCUT2D eigenvalue weighted by Crippen LogP contribution is -2.45. The zero-order chi connectivity index (χ0) is 23.0. The molecule has 1 heterocycles. The van der Waals surface area contributed by atoms with Crippen LogP contribution < -0.4 is 15.5 Å². The van der Waals surface area contributed by atoms with Crippen molar-refractivity contribution in [3.8, 4) is 0 Å². The van der Waals surface area contributed by atoms with E-state index in [9.17, 15) is 9.59 Å². The summed E-state index contributed by atoms with van der Waals surface area (Å²) in [6.45, 7) is 5.14. The molecule has 0 radical (unpaired) electrons. The lowest BCUT2D eigenvalue weighted by molar-refractivity contribution is -0.118. The van der Waals surface area contributed by atoms with Gasteiger partial charge < -0.3 is 20.3 Å². The van der Waals surface area contributed by atoms with Crippen LogP contribution in [0.1, 0.15) is 21.5 Å². The first kappa shape index (κ1) is 22.6. The first-order valence-corrected chi connectivity index (χ1v) is 11.2. The number of rotatable bonds is 7. The molecule has 0 bridgehead atoms. The summed E-state index contributed by atoms with van der Waals surface area (Å²) in [5.74, 6) is -0.517. The molecule has 2 N–H and O–H groups in total. The van der Waals surface area contributed by atoms with Crippen molar-refractivity contribution < 1.29 is 14.3 Å². The van der Waals surface area contributed by atoms with Gasteiger partial charge >= 0.3 is 0 Å². The van der Waals surface area contributed by atoms with Crippen LogP contribution in [0.4, 0.5) is 11.4 Å². The van der Waals surface area contributed by atoms with Gasteiger partial charge in [-0.15, -0.1) is 0 Å². The van der Waals surface area contributed by atoms with Gasteiger partial charge in [-0.2, -0.15) is 0 Å². The maximum absolute atomic E-state index is 13.2. The van der Waals surface area contributed by atoms with Crippen molar-refractivity contribution in [2.45, 2.75) is 19.4 Å². The van der Waals surface area contributed by atoms with Gasteiger partial charge in [0.15, 0.2) is 0 Å². The van der Waals surface area contributed by atoms with E-state index in [1.807, 2.05) is 61.5 Å². The molecule has 1 aliphatic heterocycles. The molecule has 6 heteroatoms. The molecule has 0 aliphatic carbocycles. The van der Waals surface area contributed by atoms with Gasteiger partial charge in [0.2, 0.25) is 5.91 Å². The zero-order valence-electron chi connectivity index (χ0n) is 18.8. The van der Waals surface area contributed by atoms with Crippen LogP contribution in [-0.2, 0) is 16.0 Å². The third kappa shape index (κ3) is 5.99. The first-order chi connectivity index (χ1) is 16.1. The van der Waals surface area contributed by atoms with Crippen LogP contribution in [0.3, 0.4) is 0 Å². The molecule has 0 aromatic heterocycles. The number of amides is 2. The molecule has 3 aromatic carbocycles. The second-order valence-electron chi connectivity index (χ2n) is 8.17. The van der Waals surface area contributed by atoms with Crippen LogP contribution in [0.25, 0.3) is 0 Å². The van der Waals surface area contributed by atoms with E-state index >= 15 is 0 Å². The van der Waals surface area contributed by atoms with Gasteiger partial charge in [0.1, 0.15) is 6.04 Å². The Kier molecular flexibility index (Phi) is 7.37. The normalized spacial score (nSPS) is 14.4. The highest BCUT2D eigenvalue weighted by molar-refractivity contribution is 6.01. The third-order valence-corrected chi connectivity index (χ3v) is 5.81. The van der Waals surface area contributed by atoms with Crippen LogP contribution >= 0.6 is 0 Å². The van der Waals surface area contributed by atoms with E-state index in [0.717, 1.165) is 48.8 Å². The fraction of sp³-hybridized carbons (Fsp3) is 0.259. The Morgan fingerprint density at radius 1 is 0.909 bits per heavy atom. The van der Waals surface area contributed by atoms with E-state index in [-0.39, 0.29) is 11.8 Å². The largest absolute Gasteiger partial charge is 0.378 e. The Hall–Kier alpha value is -3.64. The summed E-state index contributed by atoms with van der Waals surface area (Å²) in [6, 6.07) is 24.0. The maximum atomic E-state index is 13.2. The van der Waals surface area contributed by atoms with E-state index in [4.69, 9.17) is 4.74 Å². The molecule has 1 aliphatic rings. The summed E-state index contributed by atoms with van der Waals surface area (Å²) in [4.78, 5) is 28.3. The number of nitrogens with one attached hydrogen (secondary N) is 2. The monoisotopic (exact) mass is 443 g/mol. The molecule has 0 spiro atoms. The van der Waals surface area contributed by atoms with Crippen LogP contribution in [-0.4, -0.2) is 44.2 Å². The molecular weight excluding hydrogens is 414 g/mol. The molecule has 2 amide bonds. The zero-order valence-corrected chi connectivity index (χ0v) is 18.8. The molecule has 0 saturated carbocycles. The van der Waals surface area contributed by atoms with Crippen molar-refractivity contribution in [1.82, 2.24) is 5.32 Å². The number of hydrogen-bond donors (Lipinski definition) is 2. The molecule has 1 saturated heterocycles. The molecule has 6 nitrogen and oxygen atoms in total. The molecule has 170 valence electrons. The number of nitrogens with zero attached hydrogens (tertiary/aromatic N) is 1. The predicted molar refractivity (Wildman–Crippen MR) is 131 cm³/mol. The molecular formula is C27H29N3O3. The first-order valence-electron chi connectivity index (χ1n) is 11.2. The Balaban J connectivity index is 1.50. The van der Waals surface area contributed by atoms with Gasteiger partial charge in [-0.1, -0.05) is 48.5 Å². The maximum Gasteiger partial charge on any atom is 0.251 e. The lowest BCUT2D eigenvalue weighted by Gasteiger charge is -2.29. The minimum absolute atomic E-state index is 0.245. The van der Waals surface area contributed by atoms with Crippen molar-refractivity contribution in [1.29, 1.82) is 0 Å². The van der Waals surface area contributed by atoms with Crippen molar-refractivity contribution in [3.63, 3.8) is 0 Å². The second kappa shape index (κ2) is 10.8. The molecule has 4 rings (SSSR count). The fourth-order valence-electron chi connectivity index (χ4n) is 3.87. The smallest absolute Gasteiger partial charge is 0.251 e. The quantitative estimate of drug-likeness (QED) is 0.583. The van der Waals surface area contributed by atoms with Gasteiger partial charge in [0.05, 0.1) is 13.2 Å². The van der Waals surface area contributed by atoms with Gasteiger partial charge in [0, 0.05) is 36.4 Å².